The normalized spacial score (nSPS) is 11.6. The maximum atomic E-state index is 12.1. The van der Waals surface area contributed by atoms with Gasteiger partial charge in [-0.2, -0.15) is 0 Å². The highest BCUT2D eigenvalue weighted by atomic mass is 32.1. The van der Waals surface area contributed by atoms with E-state index < -0.39 is 12.0 Å². The van der Waals surface area contributed by atoms with Gasteiger partial charge in [0.15, 0.2) is 12.4 Å². The van der Waals surface area contributed by atoms with Gasteiger partial charge < -0.3 is 10.1 Å². The maximum Gasteiger partial charge on any atom is 0.308 e. The zero-order valence-corrected chi connectivity index (χ0v) is 15.1. The van der Waals surface area contributed by atoms with Crippen LogP contribution in [0.25, 0.3) is 0 Å². The molecule has 0 bridgehead atoms. The van der Waals surface area contributed by atoms with Crippen molar-refractivity contribution in [1.29, 1.82) is 0 Å². The highest BCUT2D eigenvalue weighted by Crippen LogP contribution is 2.22. The van der Waals surface area contributed by atoms with Crippen LogP contribution in [0.5, 0.6) is 0 Å². The fourth-order valence-corrected chi connectivity index (χ4v) is 3.12. The lowest BCUT2D eigenvalue weighted by molar-refractivity contribution is -0.143. The summed E-state index contributed by atoms with van der Waals surface area (Å²) in [5.74, 6) is -0.993. The molecule has 1 unspecified atom stereocenters. The number of Topliss-reactive ketones (excluding diaryl/α,β-unsaturated/α-hetero) is 1. The first-order valence-corrected chi connectivity index (χ1v) is 8.95. The molecular weight excluding hydrogens is 338 g/mol. The standard InChI is InChI=1S/C19H21NO4S/c1-3-14-6-8-15(9-7-14)17(22)12-24-19(23)11-16(20-13(2)21)18-5-4-10-25-18/h4-10,16H,3,11-12H2,1-2H3,(H,20,21). The van der Waals surface area contributed by atoms with Crippen LogP contribution >= 0.6 is 11.3 Å². The minimum absolute atomic E-state index is 0.0118. The van der Waals surface area contributed by atoms with Crippen LogP contribution in [0.3, 0.4) is 0 Å². The fourth-order valence-electron chi connectivity index (χ4n) is 2.34. The second kappa shape index (κ2) is 9.13. The lowest BCUT2D eigenvalue weighted by Crippen LogP contribution is -2.28. The van der Waals surface area contributed by atoms with Crippen molar-refractivity contribution in [3.8, 4) is 0 Å². The summed E-state index contributed by atoms with van der Waals surface area (Å²) in [6.45, 7) is 3.13. The predicted octanol–water partition coefficient (Wildman–Crippen LogP) is 3.30. The van der Waals surface area contributed by atoms with E-state index in [2.05, 4.69) is 5.32 Å². The van der Waals surface area contributed by atoms with Gasteiger partial charge in [-0.25, -0.2) is 0 Å². The zero-order valence-electron chi connectivity index (χ0n) is 14.3. The van der Waals surface area contributed by atoms with Crippen LogP contribution in [0.2, 0.25) is 0 Å². The van der Waals surface area contributed by atoms with Crippen molar-refractivity contribution in [2.24, 2.45) is 0 Å². The summed E-state index contributed by atoms with van der Waals surface area (Å²) >= 11 is 1.45. The van der Waals surface area contributed by atoms with Crippen LogP contribution in [0.15, 0.2) is 41.8 Å². The molecule has 5 nitrogen and oxygen atoms in total. The molecule has 1 heterocycles. The van der Waals surface area contributed by atoms with E-state index in [-0.39, 0.29) is 24.7 Å². The van der Waals surface area contributed by atoms with Crippen molar-refractivity contribution >= 4 is 29.0 Å². The molecule has 0 saturated carbocycles. The molecule has 1 aromatic heterocycles. The van der Waals surface area contributed by atoms with E-state index in [9.17, 15) is 14.4 Å². The second-order valence-electron chi connectivity index (χ2n) is 5.61. The highest BCUT2D eigenvalue weighted by molar-refractivity contribution is 7.10. The summed E-state index contributed by atoms with van der Waals surface area (Å²) in [5.41, 5.74) is 1.66. The van der Waals surface area contributed by atoms with Gasteiger partial charge in [0.1, 0.15) is 0 Å². The number of nitrogens with one attached hydrogen (secondary N) is 1. The average Bonchev–Trinajstić information content (AvgIpc) is 3.13. The molecular formula is C19H21NO4S. The Hall–Kier alpha value is -2.47. The Balaban J connectivity index is 1.89. The topological polar surface area (TPSA) is 72.5 Å². The van der Waals surface area contributed by atoms with Crippen molar-refractivity contribution in [3.05, 3.63) is 57.8 Å². The molecule has 1 atom stereocenters. The first-order chi connectivity index (χ1) is 12.0. The van der Waals surface area contributed by atoms with Gasteiger partial charge in [-0.05, 0) is 23.4 Å². The number of hydrogen-bond acceptors (Lipinski definition) is 5. The van der Waals surface area contributed by atoms with Crippen molar-refractivity contribution in [2.75, 3.05) is 6.61 Å². The molecule has 1 amide bonds. The van der Waals surface area contributed by atoms with E-state index in [0.29, 0.717) is 5.56 Å². The number of amides is 1. The Labute approximate surface area is 151 Å². The van der Waals surface area contributed by atoms with E-state index in [4.69, 9.17) is 4.74 Å². The first kappa shape index (κ1) is 18.9. The Morgan fingerprint density at radius 3 is 2.44 bits per heavy atom. The zero-order chi connectivity index (χ0) is 18.2. The van der Waals surface area contributed by atoms with E-state index in [0.717, 1.165) is 16.9 Å². The summed E-state index contributed by atoms with van der Waals surface area (Å²) in [6, 6.07) is 10.5. The van der Waals surface area contributed by atoms with E-state index in [1.165, 1.54) is 18.3 Å². The molecule has 2 aromatic rings. The number of rotatable bonds is 8. The third-order valence-corrected chi connectivity index (χ3v) is 4.67. The Bertz CT molecular complexity index is 722. The number of hydrogen-bond donors (Lipinski definition) is 1. The lowest BCUT2D eigenvalue weighted by atomic mass is 10.1. The monoisotopic (exact) mass is 359 g/mol. The second-order valence-corrected chi connectivity index (χ2v) is 6.59. The van der Waals surface area contributed by atoms with Gasteiger partial charge in [-0.15, -0.1) is 11.3 Å². The quantitative estimate of drug-likeness (QED) is 0.580. The minimum Gasteiger partial charge on any atom is -0.457 e. The molecule has 25 heavy (non-hydrogen) atoms. The number of benzene rings is 1. The molecule has 132 valence electrons. The molecule has 1 aromatic carbocycles. The molecule has 1 N–H and O–H groups in total. The number of ether oxygens (including phenoxy) is 1. The van der Waals surface area contributed by atoms with Gasteiger partial charge in [0.2, 0.25) is 5.91 Å². The predicted molar refractivity (Wildman–Crippen MR) is 96.6 cm³/mol. The van der Waals surface area contributed by atoms with Gasteiger partial charge in [-0.3, -0.25) is 14.4 Å². The van der Waals surface area contributed by atoms with Crippen molar-refractivity contribution in [1.82, 2.24) is 5.32 Å². The minimum atomic E-state index is -0.523. The van der Waals surface area contributed by atoms with Crippen LogP contribution in [-0.2, 0) is 20.7 Å². The summed E-state index contributed by atoms with van der Waals surface area (Å²) < 4.78 is 5.09. The molecule has 0 radical (unpaired) electrons. The van der Waals surface area contributed by atoms with Gasteiger partial charge >= 0.3 is 5.97 Å². The summed E-state index contributed by atoms with van der Waals surface area (Å²) in [5, 5.41) is 4.60. The molecule has 0 aliphatic rings. The fraction of sp³-hybridized carbons (Fsp3) is 0.316. The van der Waals surface area contributed by atoms with Crippen LogP contribution in [0.1, 0.15) is 47.1 Å². The van der Waals surface area contributed by atoms with Gasteiger partial charge in [0.05, 0.1) is 12.5 Å². The molecule has 0 saturated heterocycles. The Morgan fingerprint density at radius 1 is 1.16 bits per heavy atom. The maximum absolute atomic E-state index is 12.1. The lowest BCUT2D eigenvalue weighted by Gasteiger charge is -2.15. The molecule has 0 aliphatic carbocycles. The number of aryl methyl sites for hydroxylation is 1. The summed E-state index contributed by atoms with van der Waals surface area (Å²) in [4.78, 5) is 36.3. The highest BCUT2D eigenvalue weighted by Gasteiger charge is 2.20. The number of carbonyl (C=O) groups excluding carboxylic acids is 3. The first-order valence-electron chi connectivity index (χ1n) is 8.08. The number of esters is 1. The molecule has 0 aliphatic heterocycles. The van der Waals surface area contributed by atoms with Gasteiger partial charge in [-0.1, -0.05) is 37.3 Å². The van der Waals surface area contributed by atoms with E-state index in [1.807, 2.05) is 36.6 Å². The van der Waals surface area contributed by atoms with Crippen molar-refractivity contribution in [3.63, 3.8) is 0 Å². The Kier molecular flexibility index (Phi) is 6.89. The third kappa shape index (κ3) is 5.83. The van der Waals surface area contributed by atoms with Crippen LogP contribution < -0.4 is 5.32 Å². The average molecular weight is 359 g/mol. The summed E-state index contributed by atoms with van der Waals surface area (Å²) in [7, 11) is 0. The number of carbonyl (C=O) groups is 3. The third-order valence-electron chi connectivity index (χ3n) is 3.68. The number of ketones is 1. The van der Waals surface area contributed by atoms with E-state index >= 15 is 0 Å². The van der Waals surface area contributed by atoms with Crippen molar-refractivity contribution < 1.29 is 19.1 Å². The largest absolute Gasteiger partial charge is 0.457 e. The van der Waals surface area contributed by atoms with E-state index in [1.54, 1.807) is 12.1 Å². The molecule has 2 rings (SSSR count). The summed E-state index contributed by atoms with van der Waals surface area (Å²) in [6.07, 6.45) is 0.888. The van der Waals surface area contributed by atoms with Crippen molar-refractivity contribution in [2.45, 2.75) is 32.7 Å². The Morgan fingerprint density at radius 2 is 1.88 bits per heavy atom. The number of thiophene rings is 1. The molecule has 0 fully saturated rings. The molecule has 0 spiro atoms. The smallest absolute Gasteiger partial charge is 0.308 e. The molecule has 6 heteroatoms. The van der Waals surface area contributed by atoms with Gasteiger partial charge in [0, 0.05) is 17.4 Å². The SMILES string of the molecule is CCc1ccc(C(=O)COC(=O)CC(NC(C)=O)c2cccs2)cc1. The van der Waals surface area contributed by atoms with Crippen LogP contribution in [-0.4, -0.2) is 24.3 Å². The van der Waals surface area contributed by atoms with Crippen LogP contribution in [0.4, 0.5) is 0 Å². The van der Waals surface area contributed by atoms with Gasteiger partial charge in [0.25, 0.3) is 0 Å². The van der Waals surface area contributed by atoms with Crippen LogP contribution in [0, 0.1) is 0 Å².